The number of para-hydroxylation sites is 1. The number of hydrogen-bond donors (Lipinski definition) is 1. The van der Waals surface area contributed by atoms with Crippen molar-refractivity contribution in [1.29, 1.82) is 0 Å². The third-order valence-corrected chi connectivity index (χ3v) is 6.24. The van der Waals surface area contributed by atoms with Gasteiger partial charge in [-0.15, -0.1) is 0 Å². The zero-order chi connectivity index (χ0) is 21.2. The topological polar surface area (TPSA) is 58.6 Å². The first kappa shape index (κ1) is 22.6. The molecule has 0 spiro atoms. The number of nitrogens with zero attached hydrogens (tertiary/aromatic N) is 1. The van der Waals surface area contributed by atoms with Gasteiger partial charge in [0, 0.05) is 19.1 Å². The quantitative estimate of drug-likeness (QED) is 0.768. The van der Waals surface area contributed by atoms with E-state index in [9.17, 15) is 14.0 Å². The highest BCUT2D eigenvalue weighted by atomic mass is 19.1. The van der Waals surface area contributed by atoms with E-state index in [0.29, 0.717) is 13.1 Å². The van der Waals surface area contributed by atoms with E-state index in [4.69, 9.17) is 4.74 Å². The summed E-state index contributed by atoms with van der Waals surface area (Å²) in [5, 5.41) is 3.24. The molecule has 0 aromatic heterocycles. The maximum absolute atomic E-state index is 13.6. The van der Waals surface area contributed by atoms with E-state index in [2.05, 4.69) is 5.32 Å². The fourth-order valence-electron chi connectivity index (χ4n) is 4.27. The zero-order valence-corrected chi connectivity index (χ0v) is 17.9. The van der Waals surface area contributed by atoms with Crippen molar-refractivity contribution in [2.75, 3.05) is 19.7 Å². The van der Waals surface area contributed by atoms with Crippen LogP contribution in [0.25, 0.3) is 0 Å². The maximum atomic E-state index is 13.6. The van der Waals surface area contributed by atoms with Crippen LogP contribution in [0.1, 0.15) is 70.6 Å². The number of amides is 2. The predicted octanol–water partition coefficient (Wildman–Crippen LogP) is 4.45. The van der Waals surface area contributed by atoms with Crippen LogP contribution in [0.2, 0.25) is 0 Å². The highest BCUT2D eigenvalue weighted by molar-refractivity contribution is 5.85. The first-order chi connectivity index (χ1) is 14.6. The Labute approximate surface area is 179 Å². The standard InChI is InChI=1S/C24H35FN2O3/c25-21-14-10-11-15-22(21)30-18-23(28)27-16-19(17-27)24(29)26-20-12-8-6-4-2-1-3-5-7-9-13-20/h10-11,14-15,19-20H,1-9,12-13,16-18H2,(H,26,29). The van der Waals surface area contributed by atoms with Crippen molar-refractivity contribution in [3.05, 3.63) is 30.1 Å². The van der Waals surface area contributed by atoms with Gasteiger partial charge in [-0.2, -0.15) is 0 Å². The monoisotopic (exact) mass is 418 g/mol. The summed E-state index contributed by atoms with van der Waals surface area (Å²) in [6.45, 7) is 0.619. The van der Waals surface area contributed by atoms with Crippen LogP contribution in [0.3, 0.4) is 0 Å². The summed E-state index contributed by atoms with van der Waals surface area (Å²) in [5.74, 6) is -0.713. The minimum atomic E-state index is -0.483. The summed E-state index contributed by atoms with van der Waals surface area (Å²) in [5.41, 5.74) is 0. The molecule has 1 N–H and O–H groups in total. The molecule has 166 valence electrons. The van der Waals surface area contributed by atoms with Gasteiger partial charge in [-0.25, -0.2) is 4.39 Å². The third kappa shape index (κ3) is 6.99. The Balaban J connectivity index is 1.37. The molecule has 5 nitrogen and oxygen atoms in total. The Morgan fingerprint density at radius 2 is 1.50 bits per heavy atom. The molecule has 1 heterocycles. The van der Waals surface area contributed by atoms with Crippen LogP contribution < -0.4 is 10.1 Å². The van der Waals surface area contributed by atoms with Crippen LogP contribution in [-0.4, -0.2) is 42.5 Å². The fourth-order valence-corrected chi connectivity index (χ4v) is 4.27. The molecule has 1 aromatic carbocycles. The van der Waals surface area contributed by atoms with Gasteiger partial charge in [0.25, 0.3) is 5.91 Å². The van der Waals surface area contributed by atoms with Crippen molar-refractivity contribution in [2.24, 2.45) is 5.92 Å². The van der Waals surface area contributed by atoms with Gasteiger partial charge in [0.05, 0.1) is 5.92 Å². The molecule has 30 heavy (non-hydrogen) atoms. The smallest absolute Gasteiger partial charge is 0.260 e. The summed E-state index contributed by atoms with van der Waals surface area (Å²) in [4.78, 5) is 26.5. The molecule has 0 unspecified atom stereocenters. The van der Waals surface area contributed by atoms with E-state index in [-0.39, 0.29) is 36.1 Å². The lowest BCUT2D eigenvalue weighted by Gasteiger charge is -2.38. The van der Waals surface area contributed by atoms with Gasteiger partial charge in [0.1, 0.15) is 0 Å². The van der Waals surface area contributed by atoms with Crippen molar-refractivity contribution in [3.8, 4) is 5.75 Å². The number of carbonyl (C=O) groups excluding carboxylic acids is 2. The van der Waals surface area contributed by atoms with E-state index < -0.39 is 5.82 Å². The number of rotatable bonds is 5. The average Bonchev–Trinajstić information content (AvgIpc) is 2.68. The second-order valence-corrected chi connectivity index (χ2v) is 8.68. The molecule has 1 aromatic rings. The Morgan fingerprint density at radius 3 is 2.10 bits per heavy atom. The fraction of sp³-hybridized carbons (Fsp3) is 0.667. The summed E-state index contributed by atoms with van der Waals surface area (Å²) in [6.07, 6.45) is 13.6. The van der Waals surface area contributed by atoms with Crippen molar-refractivity contribution in [3.63, 3.8) is 0 Å². The minimum Gasteiger partial charge on any atom is -0.481 e. The molecule has 2 amide bonds. The largest absolute Gasteiger partial charge is 0.481 e. The molecule has 3 rings (SSSR count). The molecule has 2 aliphatic rings. The molecular weight excluding hydrogens is 383 g/mol. The van der Waals surface area contributed by atoms with Crippen LogP contribution in [0.4, 0.5) is 4.39 Å². The normalized spacial score (nSPS) is 19.8. The van der Waals surface area contributed by atoms with E-state index in [0.717, 1.165) is 12.8 Å². The van der Waals surface area contributed by atoms with E-state index in [1.54, 1.807) is 17.0 Å². The van der Waals surface area contributed by atoms with Crippen molar-refractivity contribution >= 4 is 11.8 Å². The van der Waals surface area contributed by atoms with Gasteiger partial charge in [0.2, 0.25) is 5.91 Å². The van der Waals surface area contributed by atoms with Gasteiger partial charge in [-0.3, -0.25) is 9.59 Å². The summed E-state index contributed by atoms with van der Waals surface area (Å²) in [6, 6.07) is 6.29. The van der Waals surface area contributed by atoms with Gasteiger partial charge < -0.3 is 15.0 Å². The lowest BCUT2D eigenvalue weighted by molar-refractivity contribution is -0.144. The molecule has 6 heteroatoms. The summed E-state index contributed by atoms with van der Waals surface area (Å²) in [7, 11) is 0. The molecule has 1 saturated heterocycles. The van der Waals surface area contributed by atoms with E-state index in [1.165, 1.54) is 69.9 Å². The third-order valence-electron chi connectivity index (χ3n) is 6.24. The maximum Gasteiger partial charge on any atom is 0.260 e. The number of hydrogen-bond acceptors (Lipinski definition) is 3. The Kier molecular flexibility index (Phi) is 8.97. The van der Waals surface area contributed by atoms with Gasteiger partial charge in [0.15, 0.2) is 18.2 Å². The molecule has 0 radical (unpaired) electrons. The predicted molar refractivity (Wildman–Crippen MR) is 115 cm³/mol. The second-order valence-electron chi connectivity index (χ2n) is 8.68. The van der Waals surface area contributed by atoms with Crippen LogP contribution in [-0.2, 0) is 9.59 Å². The lowest BCUT2D eigenvalue weighted by atomic mass is 9.95. The second kappa shape index (κ2) is 11.9. The summed E-state index contributed by atoms with van der Waals surface area (Å²) >= 11 is 0. The van der Waals surface area contributed by atoms with Crippen LogP contribution in [0.15, 0.2) is 24.3 Å². The lowest BCUT2D eigenvalue weighted by Crippen LogP contribution is -2.57. The van der Waals surface area contributed by atoms with Gasteiger partial charge >= 0.3 is 0 Å². The van der Waals surface area contributed by atoms with E-state index in [1.807, 2.05) is 0 Å². The number of likely N-dealkylation sites (tertiary alicyclic amines) is 1. The molecule has 1 aliphatic carbocycles. The number of nitrogens with one attached hydrogen (secondary N) is 1. The van der Waals surface area contributed by atoms with Crippen LogP contribution in [0.5, 0.6) is 5.75 Å². The number of ether oxygens (including phenoxy) is 1. The van der Waals surface area contributed by atoms with E-state index >= 15 is 0 Å². The number of halogens is 1. The van der Waals surface area contributed by atoms with Crippen molar-refractivity contribution in [1.82, 2.24) is 10.2 Å². The van der Waals surface area contributed by atoms with Crippen molar-refractivity contribution < 1.29 is 18.7 Å². The SMILES string of the molecule is O=C(NC1CCCCCCCCCCC1)C1CN(C(=O)COc2ccccc2F)C1. The molecule has 0 atom stereocenters. The number of benzene rings is 1. The van der Waals surface area contributed by atoms with Crippen LogP contribution in [0, 0.1) is 11.7 Å². The summed E-state index contributed by atoms with van der Waals surface area (Å²) < 4.78 is 18.8. The Hall–Kier alpha value is -2.11. The molecule has 1 aliphatic heterocycles. The first-order valence-corrected chi connectivity index (χ1v) is 11.6. The highest BCUT2D eigenvalue weighted by Crippen LogP contribution is 2.21. The zero-order valence-electron chi connectivity index (χ0n) is 17.9. The first-order valence-electron chi connectivity index (χ1n) is 11.6. The Bertz CT molecular complexity index is 679. The molecular formula is C24H35FN2O3. The van der Waals surface area contributed by atoms with Crippen LogP contribution >= 0.6 is 0 Å². The molecule has 0 bridgehead atoms. The number of carbonyl (C=O) groups is 2. The highest BCUT2D eigenvalue weighted by Gasteiger charge is 2.36. The van der Waals surface area contributed by atoms with Gasteiger partial charge in [-0.05, 0) is 25.0 Å². The molecule has 1 saturated carbocycles. The van der Waals surface area contributed by atoms with Gasteiger partial charge in [-0.1, -0.05) is 69.9 Å². The Morgan fingerprint density at radius 1 is 0.933 bits per heavy atom. The average molecular weight is 419 g/mol. The minimum absolute atomic E-state index is 0.0613. The van der Waals surface area contributed by atoms with Crippen molar-refractivity contribution in [2.45, 2.75) is 76.7 Å². The molecule has 2 fully saturated rings.